The molecule has 1 heterocycles. The Labute approximate surface area is 103 Å². The summed E-state index contributed by atoms with van der Waals surface area (Å²) in [5.41, 5.74) is 3.40. The van der Waals surface area contributed by atoms with E-state index in [0.29, 0.717) is 5.92 Å². The number of hydrogen-bond donors (Lipinski definition) is 1. The second-order valence-electron chi connectivity index (χ2n) is 5.87. The Morgan fingerprint density at radius 3 is 2.65 bits per heavy atom. The van der Waals surface area contributed by atoms with E-state index >= 15 is 0 Å². The molecule has 0 aromatic heterocycles. The first-order valence-corrected chi connectivity index (χ1v) is 6.36. The number of carbonyl (C=O) groups is 1. The van der Waals surface area contributed by atoms with Crippen molar-refractivity contribution in [3.63, 3.8) is 0 Å². The van der Waals surface area contributed by atoms with Gasteiger partial charge in [-0.2, -0.15) is 0 Å². The van der Waals surface area contributed by atoms with Gasteiger partial charge in [-0.3, -0.25) is 4.79 Å². The van der Waals surface area contributed by atoms with Crippen LogP contribution < -0.4 is 5.32 Å². The van der Waals surface area contributed by atoms with Crippen LogP contribution in [0.3, 0.4) is 0 Å². The van der Waals surface area contributed by atoms with E-state index < -0.39 is 0 Å². The molecule has 0 spiro atoms. The lowest BCUT2D eigenvalue weighted by Gasteiger charge is -2.27. The quantitative estimate of drug-likeness (QED) is 0.790. The van der Waals surface area contributed by atoms with Gasteiger partial charge in [-0.25, -0.2) is 0 Å². The molecule has 0 saturated carbocycles. The van der Waals surface area contributed by atoms with E-state index in [9.17, 15) is 4.79 Å². The van der Waals surface area contributed by atoms with Crippen LogP contribution in [-0.4, -0.2) is 12.5 Å². The second-order valence-corrected chi connectivity index (χ2v) is 5.87. The lowest BCUT2D eigenvalue weighted by Crippen LogP contribution is -2.35. The molecule has 1 atom stereocenters. The molecule has 1 unspecified atom stereocenters. The summed E-state index contributed by atoms with van der Waals surface area (Å²) in [5.74, 6) is 0.549. The molecule has 0 aliphatic carbocycles. The van der Waals surface area contributed by atoms with Gasteiger partial charge in [0.1, 0.15) is 0 Å². The van der Waals surface area contributed by atoms with Crippen molar-refractivity contribution >= 4 is 5.91 Å². The summed E-state index contributed by atoms with van der Waals surface area (Å²) in [7, 11) is 0. The number of carbonyl (C=O) groups excluding carboxylic acids is 1. The van der Waals surface area contributed by atoms with Gasteiger partial charge in [0.25, 0.3) is 5.91 Å². The first-order valence-electron chi connectivity index (χ1n) is 6.36. The molecule has 17 heavy (non-hydrogen) atoms. The van der Waals surface area contributed by atoms with Crippen LogP contribution in [-0.2, 0) is 5.41 Å². The predicted octanol–water partition coefficient (Wildman–Crippen LogP) is 3.22. The van der Waals surface area contributed by atoms with Gasteiger partial charge in [-0.05, 0) is 29.0 Å². The van der Waals surface area contributed by atoms with E-state index in [0.717, 1.165) is 18.5 Å². The topological polar surface area (TPSA) is 29.1 Å². The summed E-state index contributed by atoms with van der Waals surface area (Å²) in [6, 6.07) is 6.37. The zero-order valence-corrected chi connectivity index (χ0v) is 11.1. The van der Waals surface area contributed by atoms with Gasteiger partial charge in [-0.1, -0.05) is 39.8 Å². The van der Waals surface area contributed by atoms with Crippen LogP contribution >= 0.6 is 0 Å². The third-order valence-electron chi connectivity index (χ3n) is 3.61. The Bertz CT molecular complexity index is 443. The number of fused-ring (bicyclic) bond motifs is 1. The molecular weight excluding hydrogens is 210 g/mol. The van der Waals surface area contributed by atoms with Crippen LogP contribution in [0.2, 0.25) is 0 Å². The lowest BCUT2D eigenvalue weighted by atomic mass is 9.81. The Hall–Kier alpha value is -1.31. The Morgan fingerprint density at radius 2 is 2.06 bits per heavy atom. The molecule has 1 aromatic carbocycles. The molecule has 1 amide bonds. The maximum atomic E-state index is 11.9. The molecular formula is C15H21NO. The van der Waals surface area contributed by atoms with Crippen LogP contribution in [0.5, 0.6) is 0 Å². The fourth-order valence-electron chi connectivity index (χ4n) is 2.36. The highest BCUT2D eigenvalue weighted by Crippen LogP contribution is 2.31. The van der Waals surface area contributed by atoms with Gasteiger partial charge in [-0.15, -0.1) is 0 Å². The largest absolute Gasteiger partial charge is 0.351 e. The van der Waals surface area contributed by atoms with Crippen molar-refractivity contribution in [3.05, 3.63) is 34.9 Å². The molecule has 1 aliphatic heterocycles. The van der Waals surface area contributed by atoms with E-state index in [2.05, 4.69) is 51.2 Å². The molecule has 0 radical (unpaired) electrons. The number of amides is 1. The fourth-order valence-corrected chi connectivity index (χ4v) is 2.36. The van der Waals surface area contributed by atoms with Crippen molar-refractivity contribution in [1.82, 2.24) is 5.32 Å². The van der Waals surface area contributed by atoms with Crippen LogP contribution in [0.1, 0.15) is 61.5 Å². The SMILES string of the molecule is CCC1CNC(=O)c2cc(C(C)(C)C)ccc21. The minimum absolute atomic E-state index is 0.0794. The van der Waals surface area contributed by atoms with Gasteiger partial charge < -0.3 is 5.32 Å². The molecule has 1 N–H and O–H groups in total. The zero-order chi connectivity index (χ0) is 12.6. The van der Waals surface area contributed by atoms with Crippen molar-refractivity contribution in [2.75, 3.05) is 6.54 Å². The van der Waals surface area contributed by atoms with E-state index in [4.69, 9.17) is 0 Å². The lowest BCUT2D eigenvalue weighted by molar-refractivity contribution is 0.0939. The van der Waals surface area contributed by atoms with Gasteiger partial charge in [0.15, 0.2) is 0 Å². The average Bonchev–Trinajstić information content (AvgIpc) is 2.28. The Morgan fingerprint density at radius 1 is 1.35 bits per heavy atom. The standard InChI is InChI=1S/C15H21NO/c1-5-10-9-16-14(17)13-8-11(15(2,3)4)6-7-12(10)13/h6-8,10H,5,9H2,1-4H3,(H,16,17). The fraction of sp³-hybridized carbons (Fsp3) is 0.533. The van der Waals surface area contributed by atoms with Crippen LogP contribution in [0, 0.1) is 0 Å². The smallest absolute Gasteiger partial charge is 0.251 e. The van der Waals surface area contributed by atoms with E-state index in [1.165, 1.54) is 11.1 Å². The van der Waals surface area contributed by atoms with Crippen LogP contribution in [0.25, 0.3) is 0 Å². The van der Waals surface area contributed by atoms with Gasteiger partial charge in [0.2, 0.25) is 0 Å². The van der Waals surface area contributed by atoms with Crippen LogP contribution in [0.4, 0.5) is 0 Å². The Balaban J connectivity index is 2.50. The second kappa shape index (κ2) is 4.17. The third-order valence-corrected chi connectivity index (χ3v) is 3.61. The zero-order valence-electron chi connectivity index (χ0n) is 11.1. The summed E-state index contributed by atoms with van der Waals surface area (Å²) >= 11 is 0. The first kappa shape index (κ1) is 12.2. The highest BCUT2D eigenvalue weighted by Gasteiger charge is 2.25. The van der Waals surface area contributed by atoms with E-state index in [1.54, 1.807) is 0 Å². The summed E-state index contributed by atoms with van der Waals surface area (Å²) in [6.07, 6.45) is 1.07. The molecule has 1 aliphatic rings. The molecule has 1 aromatic rings. The van der Waals surface area contributed by atoms with Gasteiger partial charge in [0, 0.05) is 18.0 Å². The van der Waals surface area contributed by atoms with Crippen molar-refractivity contribution in [2.24, 2.45) is 0 Å². The summed E-state index contributed by atoms with van der Waals surface area (Å²) in [6.45, 7) is 9.47. The molecule has 2 nitrogen and oxygen atoms in total. The van der Waals surface area contributed by atoms with Gasteiger partial charge >= 0.3 is 0 Å². The van der Waals surface area contributed by atoms with Crippen molar-refractivity contribution < 1.29 is 4.79 Å². The van der Waals surface area contributed by atoms with Crippen molar-refractivity contribution in [1.29, 1.82) is 0 Å². The number of hydrogen-bond acceptors (Lipinski definition) is 1. The van der Waals surface area contributed by atoms with Crippen LogP contribution in [0.15, 0.2) is 18.2 Å². The van der Waals surface area contributed by atoms with Gasteiger partial charge in [0.05, 0.1) is 0 Å². The van der Waals surface area contributed by atoms with Crippen molar-refractivity contribution in [2.45, 2.75) is 45.4 Å². The highest BCUT2D eigenvalue weighted by molar-refractivity contribution is 5.97. The highest BCUT2D eigenvalue weighted by atomic mass is 16.1. The third kappa shape index (κ3) is 2.21. The summed E-state index contributed by atoms with van der Waals surface area (Å²) < 4.78 is 0. The van der Waals surface area contributed by atoms with Crippen molar-refractivity contribution in [3.8, 4) is 0 Å². The molecule has 0 fully saturated rings. The summed E-state index contributed by atoms with van der Waals surface area (Å²) in [4.78, 5) is 11.9. The predicted molar refractivity (Wildman–Crippen MR) is 70.5 cm³/mol. The van der Waals surface area contributed by atoms with E-state index in [1.807, 2.05) is 0 Å². The van der Waals surface area contributed by atoms with E-state index in [-0.39, 0.29) is 11.3 Å². The normalized spacial score (nSPS) is 19.8. The monoisotopic (exact) mass is 231 g/mol. The molecule has 0 bridgehead atoms. The Kier molecular flexibility index (Phi) is 2.98. The summed E-state index contributed by atoms with van der Waals surface area (Å²) in [5, 5.41) is 2.98. The minimum atomic E-state index is 0.0794. The maximum Gasteiger partial charge on any atom is 0.251 e. The first-order chi connectivity index (χ1) is 7.93. The molecule has 92 valence electrons. The maximum absolute atomic E-state index is 11.9. The number of benzene rings is 1. The average molecular weight is 231 g/mol. The molecule has 0 saturated heterocycles. The number of rotatable bonds is 1. The minimum Gasteiger partial charge on any atom is -0.351 e. The molecule has 2 rings (SSSR count). The number of nitrogens with one attached hydrogen (secondary N) is 1. The molecule has 2 heteroatoms.